The van der Waals surface area contributed by atoms with E-state index in [-0.39, 0.29) is 18.5 Å². The van der Waals surface area contributed by atoms with Crippen molar-refractivity contribution in [1.29, 1.82) is 0 Å². The zero-order valence-corrected chi connectivity index (χ0v) is 24.0. The highest BCUT2D eigenvalue weighted by Gasteiger charge is 2.33. The smallest absolute Gasteiger partial charge is 0.244 e. The van der Waals surface area contributed by atoms with Crippen LogP contribution in [-0.2, 0) is 26.2 Å². The molecule has 1 aliphatic carbocycles. The second kappa shape index (κ2) is 13.1. The Morgan fingerprint density at radius 2 is 1.79 bits per heavy atom. The number of nitrogens with zero attached hydrogens (tertiary/aromatic N) is 2. The normalized spacial score (nSPS) is 15.0. The Hall–Kier alpha value is -3.07. The first-order valence-electron chi connectivity index (χ1n) is 13.3. The lowest BCUT2D eigenvalue weighted by atomic mass is 9.95. The van der Waals surface area contributed by atoms with Crippen LogP contribution in [0.5, 0.6) is 5.75 Å². The fourth-order valence-corrected chi connectivity index (χ4v) is 5.91. The molecule has 1 saturated carbocycles. The number of anilines is 1. The summed E-state index contributed by atoms with van der Waals surface area (Å²) in [5.41, 5.74) is 2.88. The molecular weight excluding hydrogens is 502 g/mol. The van der Waals surface area contributed by atoms with Crippen LogP contribution in [0.2, 0.25) is 0 Å². The molecule has 2 aromatic rings. The molecule has 2 aromatic carbocycles. The van der Waals surface area contributed by atoms with Crippen molar-refractivity contribution < 1.29 is 22.7 Å². The van der Waals surface area contributed by atoms with Crippen LogP contribution < -0.4 is 14.4 Å². The molecule has 9 heteroatoms. The number of rotatable bonds is 11. The number of nitrogens with one attached hydrogen (secondary N) is 1. The van der Waals surface area contributed by atoms with Gasteiger partial charge in [-0.3, -0.25) is 13.9 Å². The summed E-state index contributed by atoms with van der Waals surface area (Å²) in [6, 6.07) is 12.2. The predicted molar refractivity (Wildman–Crippen MR) is 151 cm³/mol. The summed E-state index contributed by atoms with van der Waals surface area (Å²) >= 11 is 0. The summed E-state index contributed by atoms with van der Waals surface area (Å²) < 4.78 is 32.3. The zero-order valence-electron chi connectivity index (χ0n) is 23.2. The van der Waals surface area contributed by atoms with Crippen LogP contribution in [0, 0.1) is 13.8 Å². The van der Waals surface area contributed by atoms with Crippen LogP contribution in [0.3, 0.4) is 0 Å². The largest absolute Gasteiger partial charge is 0.497 e. The molecule has 2 amide bonds. The van der Waals surface area contributed by atoms with E-state index in [0.717, 1.165) is 52.9 Å². The van der Waals surface area contributed by atoms with Gasteiger partial charge in [0.15, 0.2) is 0 Å². The number of amides is 2. The molecule has 0 aromatic heterocycles. The van der Waals surface area contributed by atoms with Crippen LogP contribution in [0.15, 0.2) is 42.5 Å². The lowest BCUT2D eigenvalue weighted by Crippen LogP contribution is -2.54. The number of benzene rings is 2. The van der Waals surface area contributed by atoms with E-state index in [1.807, 2.05) is 57.2 Å². The highest BCUT2D eigenvalue weighted by molar-refractivity contribution is 7.92. The Bertz CT molecular complexity index is 1220. The van der Waals surface area contributed by atoms with Crippen LogP contribution in [0.4, 0.5) is 5.69 Å². The monoisotopic (exact) mass is 543 g/mol. The van der Waals surface area contributed by atoms with Gasteiger partial charge in [0.05, 0.1) is 19.1 Å². The first-order valence-corrected chi connectivity index (χ1v) is 15.2. The van der Waals surface area contributed by atoms with E-state index in [2.05, 4.69) is 5.32 Å². The quantitative estimate of drug-likeness (QED) is 0.455. The molecule has 1 aliphatic rings. The molecule has 1 atom stereocenters. The molecule has 8 nitrogen and oxygen atoms in total. The number of carbonyl (C=O) groups excluding carboxylic acids is 2. The Labute approximate surface area is 227 Å². The third-order valence-corrected chi connectivity index (χ3v) is 8.26. The molecule has 1 N–H and O–H groups in total. The molecule has 1 unspecified atom stereocenters. The van der Waals surface area contributed by atoms with Crippen molar-refractivity contribution in [2.24, 2.45) is 0 Å². The van der Waals surface area contributed by atoms with Crippen molar-refractivity contribution in [3.05, 3.63) is 59.2 Å². The lowest BCUT2D eigenvalue weighted by molar-refractivity contribution is -0.140. The summed E-state index contributed by atoms with van der Waals surface area (Å²) in [5.74, 6) is 0.000774. The molecule has 0 bridgehead atoms. The summed E-state index contributed by atoms with van der Waals surface area (Å²) in [5, 5.41) is 3.16. The minimum absolute atomic E-state index is 0.0986. The molecule has 38 heavy (non-hydrogen) atoms. The Balaban J connectivity index is 1.96. The van der Waals surface area contributed by atoms with Crippen molar-refractivity contribution in [3.8, 4) is 5.75 Å². The SMILES string of the molecule is CCC(C(=O)NC1CCCCC1)N(Cc1cccc(OC)c1)C(=O)CN(c1cc(C)ccc1C)S(C)(=O)=O. The van der Waals surface area contributed by atoms with Crippen LogP contribution in [0.1, 0.15) is 62.1 Å². The van der Waals surface area contributed by atoms with Crippen LogP contribution in [0.25, 0.3) is 0 Å². The fourth-order valence-electron chi connectivity index (χ4n) is 5.01. The molecule has 0 radical (unpaired) electrons. The maximum Gasteiger partial charge on any atom is 0.244 e. The molecule has 3 rings (SSSR count). The van der Waals surface area contributed by atoms with E-state index < -0.39 is 28.5 Å². The van der Waals surface area contributed by atoms with Gasteiger partial charge in [0.1, 0.15) is 18.3 Å². The summed E-state index contributed by atoms with van der Waals surface area (Å²) in [6.45, 7) is 5.31. The van der Waals surface area contributed by atoms with Gasteiger partial charge in [-0.25, -0.2) is 8.42 Å². The minimum atomic E-state index is -3.78. The van der Waals surface area contributed by atoms with Crippen molar-refractivity contribution in [3.63, 3.8) is 0 Å². The molecule has 1 fully saturated rings. The van der Waals surface area contributed by atoms with Crippen molar-refractivity contribution in [2.75, 3.05) is 24.2 Å². The highest BCUT2D eigenvalue weighted by atomic mass is 32.2. The van der Waals surface area contributed by atoms with E-state index in [1.165, 1.54) is 11.3 Å². The van der Waals surface area contributed by atoms with Gasteiger partial charge in [-0.05, 0) is 68.0 Å². The van der Waals surface area contributed by atoms with E-state index in [9.17, 15) is 18.0 Å². The van der Waals surface area contributed by atoms with Crippen molar-refractivity contribution >= 4 is 27.5 Å². The number of carbonyl (C=O) groups is 2. The van der Waals surface area contributed by atoms with Crippen molar-refractivity contribution in [1.82, 2.24) is 10.2 Å². The summed E-state index contributed by atoms with van der Waals surface area (Å²) in [7, 11) is -2.21. The highest BCUT2D eigenvalue weighted by Crippen LogP contribution is 2.25. The van der Waals surface area contributed by atoms with E-state index in [0.29, 0.717) is 17.9 Å². The zero-order chi connectivity index (χ0) is 27.9. The van der Waals surface area contributed by atoms with Crippen molar-refractivity contribution in [2.45, 2.75) is 77.9 Å². The second-order valence-electron chi connectivity index (χ2n) is 10.2. The van der Waals surface area contributed by atoms with Gasteiger partial charge >= 0.3 is 0 Å². The number of hydrogen-bond acceptors (Lipinski definition) is 5. The van der Waals surface area contributed by atoms with Gasteiger partial charge < -0.3 is 15.0 Å². The number of hydrogen-bond donors (Lipinski definition) is 1. The molecule has 208 valence electrons. The maximum absolute atomic E-state index is 13.9. The van der Waals surface area contributed by atoms with Gasteiger partial charge in [-0.2, -0.15) is 0 Å². The third-order valence-electron chi connectivity index (χ3n) is 7.14. The second-order valence-corrected chi connectivity index (χ2v) is 12.1. The van der Waals surface area contributed by atoms with Gasteiger partial charge in [0.25, 0.3) is 0 Å². The molecule has 0 spiro atoms. The first kappa shape index (κ1) is 29.5. The molecule has 0 saturated heterocycles. The van der Waals surface area contributed by atoms with Crippen LogP contribution >= 0.6 is 0 Å². The number of methoxy groups -OCH3 is 1. The minimum Gasteiger partial charge on any atom is -0.497 e. The topological polar surface area (TPSA) is 96.0 Å². The van der Waals surface area contributed by atoms with Gasteiger partial charge in [0, 0.05) is 12.6 Å². The van der Waals surface area contributed by atoms with E-state index in [4.69, 9.17) is 4.74 Å². The first-order chi connectivity index (χ1) is 18.0. The predicted octanol–water partition coefficient (Wildman–Crippen LogP) is 4.33. The maximum atomic E-state index is 13.9. The average Bonchev–Trinajstić information content (AvgIpc) is 2.88. The molecule has 0 aliphatic heterocycles. The van der Waals surface area contributed by atoms with E-state index in [1.54, 1.807) is 13.2 Å². The van der Waals surface area contributed by atoms with Gasteiger partial charge in [-0.1, -0.05) is 50.5 Å². The van der Waals surface area contributed by atoms with E-state index >= 15 is 0 Å². The average molecular weight is 544 g/mol. The lowest BCUT2D eigenvalue weighted by Gasteiger charge is -2.34. The molecule has 0 heterocycles. The Morgan fingerprint density at radius 1 is 1.08 bits per heavy atom. The summed E-state index contributed by atoms with van der Waals surface area (Å²) in [4.78, 5) is 28.9. The van der Waals surface area contributed by atoms with Crippen LogP contribution in [-0.4, -0.2) is 57.1 Å². The third kappa shape index (κ3) is 7.72. The number of ether oxygens (including phenoxy) is 1. The number of aryl methyl sites for hydroxylation is 2. The molecular formula is C29H41N3O5S. The Kier molecular flexibility index (Phi) is 10.2. The summed E-state index contributed by atoms with van der Waals surface area (Å²) in [6.07, 6.45) is 6.68. The fraction of sp³-hybridized carbons (Fsp3) is 0.517. The number of sulfonamides is 1. The standard InChI is InChI=1S/C29H41N3O5S/c1-6-26(29(34)30-24-12-8-7-9-13-24)31(19-23-11-10-14-25(18-23)37-4)28(33)20-32(38(5,35)36)27-17-21(2)15-16-22(27)3/h10-11,14-18,24,26H,6-9,12-13,19-20H2,1-5H3,(H,30,34). The van der Waals surface area contributed by atoms with Gasteiger partial charge in [0.2, 0.25) is 21.8 Å². The van der Waals surface area contributed by atoms with Gasteiger partial charge in [-0.15, -0.1) is 0 Å². The Morgan fingerprint density at radius 3 is 2.42 bits per heavy atom.